The molecular weight excluding hydrogens is 316 g/mol. The van der Waals surface area contributed by atoms with E-state index in [0.29, 0.717) is 18.4 Å². The summed E-state index contributed by atoms with van der Waals surface area (Å²) in [6, 6.07) is 9.45. The number of carbonyl (C=O) groups is 3. The highest BCUT2D eigenvalue weighted by Gasteiger charge is 2.48. The standard InChI is InChI=1S/C21H26O4/c1-15(22)12-19-10-7-11-21(17(19)3,13-16(2)23)20(24)25-14-18-8-5-4-6-9-18/h4-6,8-9,19H,3,7,10-14H2,1-2H3/t19?,21-/m1/s1. The van der Waals surface area contributed by atoms with Crippen LogP contribution in [0.5, 0.6) is 0 Å². The van der Waals surface area contributed by atoms with Gasteiger partial charge in [-0.25, -0.2) is 0 Å². The van der Waals surface area contributed by atoms with Crippen LogP contribution in [0.2, 0.25) is 0 Å². The van der Waals surface area contributed by atoms with Gasteiger partial charge in [0, 0.05) is 12.8 Å². The van der Waals surface area contributed by atoms with Crippen LogP contribution in [0.3, 0.4) is 0 Å². The Balaban J connectivity index is 2.20. The second-order valence-corrected chi connectivity index (χ2v) is 7.04. The molecule has 4 heteroatoms. The summed E-state index contributed by atoms with van der Waals surface area (Å²) in [6.45, 7) is 7.32. The first-order valence-corrected chi connectivity index (χ1v) is 8.74. The SMILES string of the molecule is C=C1C(CC(C)=O)CCC[C@]1(CC(C)=O)C(=O)OCc1ccccc1. The van der Waals surface area contributed by atoms with Crippen molar-refractivity contribution in [2.75, 3.05) is 0 Å². The van der Waals surface area contributed by atoms with Gasteiger partial charge in [0.05, 0.1) is 5.41 Å². The van der Waals surface area contributed by atoms with E-state index in [1.807, 2.05) is 30.3 Å². The molecule has 1 aliphatic carbocycles. The van der Waals surface area contributed by atoms with E-state index in [0.717, 1.165) is 18.4 Å². The second-order valence-electron chi connectivity index (χ2n) is 7.04. The first-order valence-electron chi connectivity index (χ1n) is 8.74. The van der Waals surface area contributed by atoms with Crippen LogP contribution < -0.4 is 0 Å². The Labute approximate surface area is 149 Å². The molecule has 0 bridgehead atoms. The van der Waals surface area contributed by atoms with Gasteiger partial charge in [-0.15, -0.1) is 0 Å². The maximum Gasteiger partial charge on any atom is 0.317 e. The average Bonchev–Trinajstić information content (AvgIpc) is 2.56. The largest absolute Gasteiger partial charge is 0.460 e. The number of ketones is 2. The van der Waals surface area contributed by atoms with Gasteiger partial charge in [0.15, 0.2) is 0 Å². The molecule has 134 valence electrons. The number of hydrogen-bond donors (Lipinski definition) is 0. The molecule has 0 saturated heterocycles. The van der Waals surface area contributed by atoms with E-state index in [1.54, 1.807) is 6.92 Å². The zero-order valence-corrected chi connectivity index (χ0v) is 15.0. The summed E-state index contributed by atoms with van der Waals surface area (Å²) in [6.07, 6.45) is 2.61. The minimum absolute atomic E-state index is 0.0603. The number of benzene rings is 1. The van der Waals surface area contributed by atoms with Crippen LogP contribution in [0.1, 0.15) is 51.5 Å². The highest BCUT2D eigenvalue weighted by Crippen LogP contribution is 2.48. The lowest BCUT2D eigenvalue weighted by Gasteiger charge is -2.40. The molecule has 0 radical (unpaired) electrons. The molecule has 1 saturated carbocycles. The summed E-state index contributed by atoms with van der Waals surface area (Å²) in [5, 5.41) is 0. The van der Waals surface area contributed by atoms with Crippen molar-refractivity contribution in [2.45, 2.75) is 52.6 Å². The van der Waals surface area contributed by atoms with Crippen LogP contribution in [0.15, 0.2) is 42.5 Å². The normalized spacial score (nSPS) is 23.1. The van der Waals surface area contributed by atoms with Gasteiger partial charge in [0.25, 0.3) is 0 Å². The molecule has 0 spiro atoms. The third kappa shape index (κ3) is 4.65. The van der Waals surface area contributed by atoms with E-state index in [1.165, 1.54) is 6.92 Å². The molecule has 1 aliphatic rings. The number of Topliss-reactive ketones (excluding diaryl/α,β-unsaturated/α-hetero) is 2. The van der Waals surface area contributed by atoms with Crippen molar-refractivity contribution in [1.29, 1.82) is 0 Å². The molecule has 2 rings (SSSR count). The Bertz CT molecular complexity index is 662. The minimum atomic E-state index is -1.00. The molecule has 25 heavy (non-hydrogen) atoms. The number of hydrogen-bond acceptors (Lipinski definition) is 4. The zero-order valence-electron chi connectivity index (χ0n) is 15.0. The van der Waals surface area contributed by atoms with Gasteiger partial charge in [-0.05, 0) is 38.2 Å². The highest BCUT2D eigenvalue weighted by molar-refractivity contribution is 5.89. The lowest BCUT2D eigenvalue weighted by molar-refractivity contribution is -0.158. The molecule has 4 nitrogen and oxygen atoms in total. The van der Waals surface area contributed by atoms with Gasteiger partial charge in [-0.2, -0.15) is 0 Å². The first kappa shape index (κ1) is 19.1. The average molecular weight is 342 g/mol. The van der Waals surface area contributed by atoms with Crippen molar-refractivity contribution in [3.63, 3.8) is 0 Å². The lowest BCUT2D eigenvalue weighted by atomic mass is 9.63. The molecule has 2 atom stereocenters. The molecule has 1 aromatic carbocycles. The van der Waals surface area contributed by atoms with Crippen LogP contribution in [0, 0.1) is 11.3 Å². The Morgan fingerprint density at radius 2 is 1.84 bits per heavy atom. The molecule has 0 N–H and O–H groups in total. The summed E-state index contributed by atoms with van der Waals surface area (Å²) >= 11 is 0. The van der Waals surface area contributed by atoms with Crippen LogP contribution >= 0.6 is 0 Å². The van der Waals surface area contributed by atoms with Gasteiger partial charge in [0.1, 0.15) is 18.2 Å². The van der Waals surface area contributed by atoms with E-state index in [4.69, 9.17) is 4.74 Å². The maximum absolute atomic E-state index is 13.0. The predicted molar refractivity (Wildman–Crippen MR) is 95.7 cm³/mol. The third-order valence-electron chi connectivity index (χ3n) is 4.95. The molecule has 1 unspecified atom stereocenters. The van der Waals surface area contributed by atoms with Crippen molar-refractivity contribution in [2.24, 2.45) is 11.3 Å². The number of rotatable bonds is 7. The molecule has 0 heterocycles. The zero-order chi connectivity index (χ0) is 18.4. The van der Waals surface area contributed by atoms with E-state index < -0.39 is 11.4 Å². The molecule has 0 amide bonds. The molecule has 1 fully saturated rings. The smallest absolute Gasteiger partial charge is 0.317 e. The van der Waals surface area contributed by atoms with Crippen molar-refractivity contribution in [3.05, 3.63) is 48.0 Å². The van der Waals surface area contributed by atoms with Crippen molar-refractivity contribution >= 4 is 17.5 Å². The summed E-state index contributed by atoms with van der Waals surface area (Å²) in [5.41, 5.74) is 0.580. The van der Waals surface area contributed by atoms with Crippen molar-refractivity contribution in [3.8, 4) is 0 Å². The maximum atomic E-state index is 13.0. The van der Waals surface area contributed by atoms with Crippen LogP contribution in [0.4, 0.5) is 0 Å². The second kappa shape index (κ2) is 8.24. The van der Waals surface area contributed by atoms with Gasteiger partial charge >= 0.3 is 5.97 Å². The van der Waals surface area contributed by atoms with Gasteiger partial charge in [-0.1, -0.05) is 48.9 Å². The minimum Gasteiger partial charge on any atom is -0.460 e. The Kier molecular flexibility index (Phi) is 6.29. The number of esters is 1. The van der Waals surface area contributed by atoms with E-state index in [-0.39, 0.29) is 30.5 Å². The Hall–Kier alpha value is -2.23. The molecular formula is C21H26O4. The van der Waals surface area contributed by atoms with Crippen LogP contribution in [-0.4, -0.2) is 17.5 Å². The summed E-state index contributed by atoms with van der Waals surface area (Å²) in [7, 11) is 0. The summed E-state index contributed by atoms with van der Waals surface area (Å²) in [4.78, 5) is 36.4. The third-order valence-corrected chi connectivity index (χ3v) is 4.95. The van der Waals surface area contributed by atoms with Gasteiger partial charge in [-0.3, -0.25) is 9.59 Å². The fourth-order valence-corrected chi connectivity index (χ4v) is 3.74. The Morgan fingerprint density at radius 3 is 2.44 bits per heavy atom. The van der Waals surface area contributed by atoms with Gasteiger partial charge < -0.3 is 9.53 Å². The van der Waals surface area contributed by atoms with Crippen LogP contribution in [-0.2, 0) is 25.7 Å². The van der Waals surface area contributed by atoms with Crippen molar-refractivity contribution < 1.29 is 19.1 Å². The quantitative estimate of drug-likeness (QED) is 0.554. The molecule has 1 aromatic rings. The molecule has 0 aromatic heterocycles. The molecule has 0 aliphatic heterocycles. The fourth-order valence-electron chi connectivity index (χ4n) is 3.74. The Morgan fingerprint density at radius 1 is 1.16 bits per heavy atom. The van der Waals surface area contributed by atoms with Gasteiger partial charge in [0.2, 0.25) is 0 Å². The van der Waals surface area contributed by atoms with E-state index >= 15 is 0 Å². The van der Waals surface area contributed by atoms with E-state index in [9.17, 15) is 14.4 Å². The number of ether oxygens (including phenoxy) is 1. The summed E-state index contributed by atoms with van der Waals surface area (Å²) in [5.74, 6) is -0.455. The highest BCUT2D eigenvalue weighted by atomic mass is 16.5. The van der Waals surface area contributed by atoms with Crippen molar-refractivity contribution in [1.82, 2.24) is 0 Å². The van der Waals surface area contributed by atoms with Crippen LogP contribution in [0.25, 0.3) is 0 Å². The fraction of sp³-hybridized carbons (Fsp3) is 0.476. The monoisotopic (exact) mass is 342 g/mol. The first-order chi connectivity index (χ1) is 11.8. The summed E-state index contributed by atoms with van der Waals surface area (Å²) < 4.78 is 5.56. The topological polar surface area (TPSA) is 60.4 Å². The van der Waals surface area contributed by atoms with E-state index in [2.05, 4.69) is 6.58 Å². The number of carbonyl (C=O) groups excluding carboxylic acids is 3. The lowest BCUT2D eigenvalue weighted by Crippen LogP contribution is -2.41. The predicted octanol–water partition coefficient (Wildman–Crippen LogP) is 4.03.